The highest BCUT2D eigenvalue weighted by Crippen LogP contribution is 2.30. The Morgan fingerprint density at radius 1 is 0.951 bits per heavy atom. The minimum atomic E-state index is -4.14. The summed E-state index contributed by atoms with van der Waals surface area (Å²) < 4.78 is 29.1. The van der Waals surface area contributed by atoms with E-state index < -0.39 is 28.5 Å². The van der Waals surface area contributed by atoms with Gasteiger partial charge in [0, 0.05) is 17.6 Å². The van der Waals surface area contributed by atoms with Gasteiger partial charge in [0.15, 0.2) is 0 Å². The van der Waals surface area contributed by atoms with Gasteiger partial charge in [-0.25, -0.2) is 8.42 Å². The van der Waals surface area contributed by atoms with Crippen LogP contribution in [0.4, 0.5) is 5.69 Å². The molecule has 0 unspecified atom stereocenters. The van der Waals surface area contributed by atoms with Crippen molar-refractivity contribution in [1.29, 1.82) is 0 Å². The molecule has 3 aromatic carbocycles. The standard InChI is InChI=1S/C32H38ClN3O4S/c1-3-29(32(38)34-27-15-9-5-10-16-27)35(22-25-13-7-4-8-14-25)31(37)23-36(30-21-26(33)20-19-24(30)2)41(39,40)28-17-11-6-12-18-28/h4,6-8,11-14,17-21,27,29H,3,5,9-10,15-16,22-23H2,1-2H3,(H,34,38)/t29-/m0/s1. The van der Waals surface area contributed by atoms with Crippen LogP contribution in [0.1, 0.15) is 56.6 Å². The SMILES string of the molecule is CC[C@@H](C(=O)NC1CCCCC1)N(Cc1ccccc1)C(=O)CN(c1cc(Cl)ccc1C)S(=O)(=O)c1ccccc1. The Morgan fingerprint density at radius 3 is 2.22 bits per heavy atom. The van der Waals surface area contributed by atoms with E-state index in [0.29, 0.717) is 22.7 Å². The number of halogens is 1. The maximum atomic E-state index is 14.2. The van der Waals surface area contributed by atoms with E-state index in [9.17, 15) is 18.0 Å². The van der Waals surface area contributed by atoms with Crippen LogP contribution in [0, 0.1) is 6.92 Å². The smallest absolute Gasteiger partial charge is 0.264 e. The number of amides is 2. The Hall–Kier alpha value is -3.36. The van der Waals surface area contributed by atoms with Crippen molar-refractivity contribution in [2.45, 2.75) is 75.9 Å². The average molecular weight is 596 g/mol. The minimum absolute atomic E-state index is 0.0591. The summed E-state index contributed by atoms with van der Waals surface area (Å²) in [5.74, 6) is -0.682. The number of nitrogens with one attached hydrogen (secondary N) is 1. The van der Waals surface area contributed by atoms with Gasteiger partial charge in [-0.2, -0.15) is 0 Å². The molecule has 218 valence electrons. The summed E-state index contributed by atoms with van der Waals surface area (Å²) in [6, 6.07) is 21.7. The van der Waals surface area contributed by atoms with E-state index in [4.69, 9.17) is 11.6 Å². The number of carbonyl (C=O) groups excluding carboxylic acids is 2. The average Bonchev–Trinajstić information content (AvgIpc) is 2.98. The fraction of sp³-hybridized carbons (Fsp3) is 0.375. The normalized spacial score (nSPS) is 14.7. The maximum Gasteiger partial charge on any atom is 0.264 e. The number of hydrogen-bond acceptors (Lipinski definition) is 4. The topological polar surface area (TPSA) is 86.8 Å². The molecule has 0 aromatic heterocycles. The molecule has 41 heavy (non-hydrogen) atoms. The van der Waals surface area contributed by atoms with Crippen molar-refractivity contribution < 1.29 is 18.0 Å². The van der Waals surface area contributed by atoms with Gasteiger partial charge in [-0.1, -0.05) is 92.4 Å². The second kappa shape index (κ2) is 14.0. The molecular weight excluding hydrogens is 558 g/mol. The van der Waals surface area contributed by atoms with Crippen molar-refractivity contribution in [1.82, 2.24) is 10.2 Å². The molecule has 0 bridgehead atoms. The van der Waals surface area contributed by atoms with E-state index in [2.05, 4.69) is 5.32 Å². The monoisotopic (exact) mass is 595 g/mol. The number of benzene rings is 3. The van der Waals surface area contributed by atoms with Crippen LogP contribution in [0.25, 0.3) is 0 Å². The van der Waals surface area contributed by atoms with Crippen molar-refractivity contribution in [2.24, 2.45) is 0 Å². The van der Waals surface area contributed by atoms with Crippen LogP contribution in [0.15, 0.2) is 83.8 Å². The highest BCUT2D eigenvalue weighted by molar-refractivity contribution is 7.92. The number of rotatable bonds is 11. The fourth-order valence-electron chi connectivity index (χ4n) is 5.33. The quantitative estimate of drug-likeness (QED) is 0.290. The van der Waals surface area contributed by atoms with Gasteiger partial charge in [0.2, 0.25) is 11.8 Å². The Bertz CT molecular complexity index is 1430. The summed E-state index contributed by atoms with van der Waals surface area (Å²) in [5, 5.41) is 3.52. The molecule has 0 saturated heterocycles. The zero-order valence-electron chi connectivity index (χ0n) is 23.6. The van der Waals surface area contributed by atoms with E-state index in [1.807, 2.05) is 37.3 Å². The van der Waals surface area contributed by atoms with Gasteiger partial charge in [0.05, 0.1) is 10.6 Å². The maximum absolute atomic E-state index is 14.2. The number of carbonyl (C=O) groups is 2. The Balaban J connectivity index is 1.71. The van der Waals surface area contributed by atoms with Gasteiger partial charge in [-0.3, -0.25) is 13.9 Å². The molecule has 9 heteroatoms. The second-order valence-corrected chi connectivity index (χ2v) is 12.8. The lowest BCUT2D eigenvalue weighted by atomic mass is 9.95. The molecule has 1 N–H and O–H groups in total. The summed E-state index contributed by atoms with van der Waals surface area (Å²) in [4.78, 5) is 29.4. The van der Waals surface area contributed by atoms with Gasteiger partial charge in [-0.15, -0.1) is 0 Å². The van der Waals surface area contributed by atoms with Crippen molar-refractivity contribution in [2.75, 3.05) is 10.8 Å². The molecule has 1 fully saturated rings. The van der Waals surface area contributed by atoms with Gasteiger partial charge < -0.3 is 10.2 Å². The van der Waals surface area contributed by atoms with E-state index >= 15 is 0 Å². The molecule has 0 spiro atoms. The Morgan fingerprint density at radius 2 is 1.59 bits per heavy atom. The highest BCUT2D eigenvalue weighted by atomic mass is 35.5. The highest BCUT2D eigenvalue weighted by Gasteiger charge is 2.35. The number of anilines is 1. The molecule has 4 rings (SSSR count). The number of nitrogens with zero attached hydrogens (tertiary/aromatic N) is 2. The van der Waals surface area contributed by atoms with Crippen molar-refractivity contribution in [3.63, 3.8) is 0 Å². The first-order valence-electron chi connectivity index (χ1n) is 14.2. The largest absolute Gasteiger partial charge is 0.352 e. The molecule has 0 radical (unpaired) electrons. The third kappa shape index (κ3) is 7.68. The zero-order chi connectivity index (χ0) is 29.4. The number of sulfonamides is 1. The van der Waals surface area contributed by atoms with Gasteiger partial charge >= 0.3 is 0 Å². The molecule has 3 aromatic rings. The summed E-state index contributed by atoms with van der Waals surface area (Å²) >= 11 is 6.30. The third-order valence-electron chi connectivity index (χ3n) is 7.58. The molecule has 1 atom stereocenters. The van der Waals surface area contributed by atoms with Gasteiger partial charge in [-0.05, 0) is 61.6 Å². The Kier molecular flexibility index (Phi) is 10.5. The van der Waals surface area contributed by atoms with E-state index in [1.165, 1.54) is 17.0 Å². The Labute approximate surface area is 248 Å². The summed E-state index contributed by atoms with van der Waals surface area (Å²) in [7, 11) is -4.14. The van der Waals surface area contributed by atoms with Crippen LogP contribution in [-0.2, 0) is 26.2 Å². The molecule has 1 aliphatic rings. The van der Waals surface area contributed by atoms with Crippen LogP contribution in [0.2, 0.25) is 5.02 Å². The van der Waals surface area contributed by atoms with Crippen LogP contribution < -0.4 is 9.62 Å². The fourth-order valence-corrected chi connectivity index (χ4v) is 6.99. The number of aryl methyl sites for hydroxylation is 1. The van der Waals surface area contributed by atoms with Crippen LogP contribution in [0.3, 0.4) is 0 Å². The predicted octanol–water partition coefficient (Wildman–Crippen LogP) is 6.10. The van der Waals surface area contributed by atoms with Crippen LogP contribution in [0.5, 0.6) is 0 Å². The summed E-state index contributed by atoms with van der Waals surface area (Å²) in [6.07, 6.45) is 5.53. The molecule has 7 nitrogen and oxygen atoms in total. The van der Waals surface area contributed by atoms with Crippen molar-refractivity contribution in [3.8, 4) is 0 Å². The molecule has 0 aliphatic heterocycles. The first kappa shape index (κ1) is 30.6. The molecule has 0 heterocycles. The van der Waals surface area contributed by atoms with E-state index in [0.717, 1.165) is 42.0 Å². The third-order valence-corrected chi connectivity index (χ3v) is 9.59. The van der Waals surface area contributed by atoms with Crippen LogP contribution >= 0.6 is 11.6 Å². The summed E-state index contributed by atoms with van der Waals surface area (Å²) in [5.41, 5.74) is 1.81. The number of hydrogen-bond donors (Lipinski definition) is 1. The van der Waals surface area contributed by atoms with Gasteiger partial charge in [0.25, 0.3) is 10.0 Å². The van der Waals surface area contributed by atoms with Crippen molar-refractivity contribution >= 4 is 39.1 Å². The minimum Gasteiger partial charge on any atom is -0.352 e. The molecule has 2 amide bonds. The zero-order valence-corrected chi connectivity index (χ0v) is 25.2. The second-order valence-electron chi connectivity index (χ2n) is 10.5. The molecule has 1 aliphatic carbocycles. The predicted molar refractivity (Wildman–Crippen MR) is 163 cm³/mol. The summed E-state index contributed by atoms with van der Waals surface area (Å²) in [6.45, 7) is 3.33. The van der Waals surface area contributed by atoms with E-state index in [1.54, 1.807) is 43.3 Å². The van der Waals surface area contributed by atoms with Gasteiger partial charge in [0.1, 0.15) is 12.6 Å². The van der Waals surface area contributed by atoms with Crippen molar-refractivity contribution in [3.05, 3.63) is 95.0 Å². The lowest BCUT2D eigenvalue weighted by Crippen LogP contribution is -2.54. The van der Waals surface area contributed by atoms with E-state index in [-0.39, 0.29) is 23.4 Å². The lowest BCUT2D eigenvalue weighted by Gasteiger charge is -2.34. The van der Waals surface area contributed by atoms with Crippen LogP contribution in [-0.4, -0.2) is 43.8 Å². The lowest BCUT2D eigenvalue weighted by molar-refractivity contribution is -0.140. The first-order valence-corrected chi connectivity index (χ1v) is 16.0. The molecular formula is C32H38ClN3O4S. The first-order chi connectivity index (χ1) is 19.7. The molecule has 1 saturated carbocycles.